The van der Waals surface area contributed by atoms with Crippen LogP contribution < -0.4 is 0 Å². The number of halogens is 1. The van der Waals surface area contributed by atoms with Crippen molar-refractivity contribution in [3.63, 3.8) is 0 Å². The first kappa shape index (κ1) is 25.8. The van der Waals surface area contributed by atoms with E-state index < -0.39 is 0 Å². The molecule has 4 aromatic carbocycles. The molecule has 5 rings (SSSR count). The van der Waals surface area contributed by atoms with Crippen LogP contribution in [0.5, 0.6) is 0 Å². The first-order valence-corrected chi connectivity index (χ1v) is 13.6. The second-order valence-corrected chi connectivity index (χ2v) is 10.1. The monoisotopic (exact) mass is 564 g/mol. The van der Waals surface area contributed by atoms with E-state index in [0.29, 0.717) is 13.2 Å². The van der Waals surface area contributed by atoms with Gasteiger partial charge in [-0.15, -0.1) is 0 Å². The number of carbonyl (C=O) groups excluding carboxylic acids is 1. The van der Waals surface area contributed by atoms with Crippen molar-refractivity contribution in [3.8, 4) is 11.3 Å². The van der Waals surface area contributed by atoms with E-state index in [4.69, 9.17) is 9.72 Å². The summed E-state index contributed by atoms with van der Waals surface area (Å²) < 4.78 is 6.42. The summed E-state index contributed by atoms with van der Waals surface area (Å²) in [4.78, 5) is 20.3. The van der Waals surface area contributed by atoms with E-state index >= 15 is 0 Å². The fourth-order valence-corrected chi connectivity index (χ4v) is 5.23. The lowest BCUT2D eigenvalue weighted by Crippen LogP contribution is -2.35. The zero-order valence-electron chi connectivity index (χ0n) is 21.3. The molecule has 0 N–H and O–H groups in total. The predicted octanol–water partition coefficient (Wildman–Crippen LogP) is 7.82. The highest BCUT2D eigenvalue weighted by atomic mass is 79.9. The van der Waals surface area contributed by atoms with Crippen molar-refractivity contribution in [1.29, 1.82) is 0 Å². The van der Waals surface area contributed by atoms with Gasteiger partial charge in [-0.25, -0.2) is 4.98 Å². The van der Waals surface area contributed by atoms with E-state index in [1.165, 1.54) is 0 Å². The van der Waals surface area contributed by atoms with E-state index in [1.807, 2.05) is 73.7 Å². The van der Waals surface area contributed by atoms with Crippen LogP contribution in [0.4, 0.5) is 0 Å². The molecule has 0 saturated heterocycles. The van der Waals surface area contributed by atoms with Gasteiger partial charge in [-0.2, -0.15) is 0 Å². The van der Waals surface area contributed by atoms with Crippen LogP contribution in [0.1, 0.15) is 29.7 Å². The first-order valence-electron chi connectivity index (χ1n) is 12.8. The summed E-state index contributed by atoms with van der Waals surface area (Å²) in [5, 5.41) is 1.03. The lowest BCUT2D eigenvalue weighted by molar-refractivity contribution is -0.145. The number of nitrogens with zero attached hydrogens (tertiary/aromatic N) is 2. The molecule has 1 atom stereocenters. The number of esters is 1. The van der Waals surface area contributed by atoms with Crippen molar-refractivity contribution >= 4 is 32.8 Å². The molecule has 5 aromatic rings. The highest BCUT2D eigenvalue weighted by molar-refractivity contribution is 9.10. The zero-order chi connectivity index (χ0) is 26.3. The maximum absolute atomic E-state index is 12.9. The summed E-state index contributed by atoms with van der Waals surface area (Å²) >= 11 is 3.63. The van der Waals surface area contributed by atoms with Crippen LogP contribution in [0, 0.1) is 0 Å². The highest BCUT2D eigenvalue weighted by Gasteiger charge is 2.29. The van der Waals surface area contributed by atoms with Gasteiger partial charge in [0, 0.05) is 27.5 Å². The Labute approximate surface area is 232 Å². The maximum Gasteiger partial charge on any atom is 0.320 e. The number of pyridine rings is 1. The van der Waals surface area contributed by atoms with Crippen molar-refractivity contribution in [3.05, 3.63) is 136 Å². The SMILES string of the molecule is CCOC(=O)CN(Cc1ccccc1)C(c1ccccc1)c1cc2cc(Br)ccc2nc1-c1ccccc1. The average Bonchev–Trinajstić information content (AvgIpc) is 2.94. The molecule has 0 bridgehead atoms. The van der Waals surface area contributed by atoms with E-state index in [-0.39, 0.29) is 18.6 Å². The number of hydrogen-bond acceptors (Lipinski definition) is 4. The Kier molecular flexibility index (Phi) is 8.27. The minimum Gasteiger partial charge on any atom is -0.465 e. The van der Waals surface area contributed by atoms with Gasteiger partial charge in [0.05, 0.1) is 30.4 Å². The van der Waals surface area contributed by atoms with Gasteiger partial charge in [0.15, 0.2) is 0 Å². The third-order valence-electron chi connectivity index (χ3n) is 6.49. The van der Waals surface area contributed by atoms with Crippen LogP contribution in [-0.2, 0) is 16.1 Å². The second-order valence-electron chi connectivity index (χ2n) is 9.14. The molecule has 1 aromatic heterocycles. The predicted molar refractivity (Wildman–Crippen MR) is 157 cm³/mol. The van der Waals surface area contributed by atoms with Crippen LogP contribution >= 0.6 is 15.9 Å². The first-order chi connectivity index (χ1) is 18.6. The standard InChI is InChI=1S/C33H29BrN2O2/c1-2-38-31(37)23-36(22-24-12-6-3-7-13-24)33(26-16-10-5-11-17-26)29-21-27-20-28(34)18-19-30(27)35-32(29)25-14-8-4-9-15-25/h3-21,33H,2,22-23H2,1H3. The van der Waals surface area contributed by atoms with Crippen molar-refractivity contribution in [1.82, 2.24) is 9.88 Å². The third kappa shape index (κ3) is 6.01. The Morgan fingerprint density at radius 2 is 1.53 bits per heavy atom. The zero-order valence-corrected chi connectivity index (χ0v) is 22.8. The second kappa shape index (κ2) is 12.2. The Morgan fingerprint density at radius 1 is 0.868 bits per heavy atom. The Bertz CT molecular complexity index is 1510. The maximum atomic E-state index is 12.9. The number of rotatable bonds is 9. The smallest absolute Gasteiger partial charge is 0.320 e. The van der Waals surface area contributed by atoms with Gasteiger partial charge in [0.25, 0.3) is 0 Å². The molecule has 0 aliphatic rings. The summed E-state index contributed by atoms with van der Waals surface area (Å²) in [6.45, 7) is 2.90. The molecular weight excluding hydrogens is 536 g/mol. The molecule has 5 heteroatoms. The van der Waals surface area contributed by atoms with E-state index in [1.54, 1.807) is 0 Å². The van der Waals surface area contributed by atoms with Gasteiger partial charge in [-0.05, 0) is 42.3 Å². The van der Waals surface area contributed by atoms with Crippen LogP contribution in [0.3, 0.4) is 0 Å². The van der Waals surface area contributed by atoms with Crippen LogP contribution in [0.15, 0.2) is 120 Å². The lowest BCUT2D eigenvalue weighted by Gasteiger charge is -2.33. The van der Waals surface area contributed by atoms with Crippen molar-refractivity contribution in [2.45, 2.75) is 19.5 Å². The minimum atomic E-state index is -0.248. The molecule has 0 saturated carbocycles. The minimum absolute atomic E-state index is 0.146. The molecule has 0 radical (unpaired) electrons. The number of carbonyl (C=O) groups is 1. The van der Waals surface area contributed by atoms with Gasteiger partial charge in [-0.3, -0.25) is 9.69 Å². The molecule has 1 unspecified atom stereocenters. The normalized spacial score (nSPS) is 12.0. The van der Waals surface area contributed by atoms with Crippen molar-refractivity contribution < 1.29 is 9.53 Å². The Balaban J connectivity index is 1.75. The summed E-state index contributed by atoms with van der Waals surface area (Å²) in [5.41, 5.74) is 6.09. The number of aromatic nitrogens is 1. The number of fused-ring (bicyclic) bond motifs is 1. The molecule has 38 heavy (non-hydrogen) atoms. The van der Waals surface area contributed by atoms with E-state index in [2.05, 4.69) is 69.4 Å². The van der Waals surface area contributed by atoms with Crippen LogP contribution in [0.2, 0.25) is 0 Å². The van der Waals surface area contributed by atoms with Gasteiger partial charge < -0.3 is 4.74 Å². The van der Waals surface area contributed by atoms with Crippen molar-refractivity contribution in [2.75, 3.05) is 13.2 Å². The molecule has 0 aliphatic heterocycles. The average molecular weight is 566 g/mol. The third-order valence-corrected chi connectivity index (χ3v) is 6.99. The quantitative estimate of drug-likeness (QED) is 0.171. The van der Waals surface area contributed by atoms with Gasteiger partial charge in [-0.1, -0.05) is 107 Å². The Hall–Kier alpha value is -3.80. The molecule has 0 amide bonds. The van der Waals surface area contributed by atoms with E-state index in [9.17, 15) is 4.79 Å². The fourth-order valence-electron chi connectivity index (χ4n) is 4.85. The van der Waals surface area contributed by atoms with Gasteiger partial charge >= 0.3 is 5.97 Å². The highest BCUT2D eigenvalue weighted by Crippen LogP contribution is 2.38. The van der Waals surface area contributed by atoms with Crippen LogP contribution in [-0.4, -0.2) is 29.0 Å². The Morgan fingerprint density at radius 3 is 2.21 bits per heavy atom. The number of benzene rings is 4. The van der Waals surface area contributed by atoms with Crippen molar-refractivity contribution in [2.24, 2.45) is 0 Å². The fraction of sp³-hybridized carbons (Fsp3) is 0.152. The lowest BCUT2D eigenvalue weighted by atomic mass is 9.91. The topological polar surface area (TPSA) is 42.4 Å². The summed E-state index contributed by atoms with van der Waals surface area (Å²) in [6, 6.07) is 39.0. The molecule has 0 fully saturated rings. The molecular formula is C33H29BrN2O2. The molecule has 190 valence electrons. The summed E-state index contributed by atoms with van der Waals surface area (Å²) in [6.07, 6.45) is 0. The van der Waals surface area contributed by atoms with Crippen LogP contribution in [0.25, 0.3) is 22.2 Å². The number of ether oxygens (including phenoxy) is 1. The van der Waals surface area contributed by atoms with Gasteiger partial charge in [0.1, 0.15) is 0 Å². The van der Waals surface area contributed by atoms with Gasteiger partial charge in [0.2, 0.25) is 0 Å². The molecule has 0 spiro atoms. The summed E-state index contributed by atoms with van der Waals surface area (Å²) in [7, 11) is 0. The summed E-state index contributed by atoms with van der Waals surface area (Å²) in [5.74, 6) is -0.248. The number of hydrogen-bond donors (Lipinski definition) is 0. The largest absolute Gasteiger partial charge is 0.465 e. The molecule has 4 nitrogen and oxygen atoms in total. The molecule has 0 aliphatic carbocycles. The molecule has 1 heterocycles. The van der Waals surface area contributed by atoms with E-state index in [0.717, 1.165) is 43.3 Å².